The molecule has 1 atom stereocenters. The molecule has 0 saturated heterocycles. The number of hydrogen-bond acceptors (Lipinski definition) is 2. The molecule has 0 bridgehead atoms. The van der Waals surface area contributed by atoms with Crippen molar-refractivity contribution in [2.75, 3.05) is 13.6 Å². The Hall–Kier alpha value is -2.05. The Morgan fingerprint density at radius 2 is 1.87 bits per heavy atom. The smallest absolute Gasteiger partial charge is 0.348 e. The predicted molar refractivity (Wildman–Crippen MR) is 80.5 cm³/mol. The lowest BCUT2D eigenvalue weighted by atomic mass is 9.94. The maximum Gasteiger partial charge on any atom is 0.416 e. The van der Waals surface area contributed by atoms with Gasteiger partial charge in [0.05, 0.1) is 18.2 Å². The molecule has 0 spiro atoms. The van der Waals surface area contributed by atoms with Gasteiger partial charge in [0, 0.05) is 14.0 Å². The Labute approximate surface area is 133 Å². The van der Waals surface area contributed by atoms with Crippen LogP contribution in [0.25, 0.3) is 0 Å². The summed E-state index contributed by atoms with van der Waals surface area (Å²) in [4.78, 5) is 24.4. The van der Waals surface area contributed by atoms with E-state index in [0.717, 1.165) is 12.1 Å². The molecule has 7 heteroatoms. The van der Waals surface area contributed by atoms with Crippen LogP contribution in [0.2, 0.25) is 0 Å². The first kappa shape index (κ1) is 19.0. The number of benzene rings is 1. The van der Waals surface area contributed by atoms with Gasteiger partial charge >= 0.3 is 6.18 Å². The molecule has 1 N–H and O–H groups in total. The van der Waals surface area contributed by atoms with Gasteiger partial charge in [-0.2, -0.15) is 13.2 Å². The molecule has 1 aromatic rings. The van der Waals surface area contributed by atoms with Crippen LogP contribution in [0.1, 0.15) is 37.9 Å². The Balaban J connectivity index is 2.95. The van der Waals surface area contributed by atoms with Gasteiger partial charge in [0.15, 0.2) is 0 Å². The van der Waals surface area contributed by atoms with Gasteiger partial charge in [-0.15, -0.1) is 0 Å². The van der Waals surface area contributed by atoms with E-state index in [0.29, 0.717) is 5.56 Å². The summed E-state index contributed by atoms with van der Waals surface area (Å²) in [5.74, 6) is -0.788. The van der Waals surface area contributed by atoms with Gasteiger partial charge < -0.3 is 10.2 Å². The maximum absolute atomic E-state index is 12.8. The summed E-state index contributed by atoms with van der Waals surface area (Å²) < 4.78 is 38.5. The van der Waals surface area contributed by atoms with Gasteiger partial charge in [0.25, 0.3) is 0 Å². The third-order valence-corrected chi connectivity index (χ3v) is 3.47. The summed E-state index contributed by atoms with van der Waals surface area (Å²) in [6, 6.07) is 4.34. The van der Waals surface area contributed by atoms with Crippen molar-refractivity contribution in [1.82, 2.24) is 10.2 Å². The molecule has 2 amide bonds. The van der Waals surface area contributed by atoms with Gasteiger partial charge in [-0.05, 0) is 23.6 Å². The number of nitrogens with zero attached hydrogens (tertiary/aromatic N) is 1. The van der Waals surface area contributed by atoms with Gasteiger partial charge in [0.1, 0.15) is 0 Å². The van der Waals surface area contributed by atoms with Gasteiger partial charge in [-0.1, -0.05) is 26.0 Å². The first-order chi connectivity index (χ1) is 10.5. The number of amides is 2. The first-order valence-corrected chi connectivity index (χ1v) is 7.20. The standard InChI is InChI=1S/C16H21F3N2O2/c1-10(2)15(20-14(23)9-21(4)11(3)22)12-6-5-7-13(8-12)16(17,18)19/h5-8,10,15H,9H2,1-4H3,(H,20,23). The molecular weight excluding hydrogens is 309 g/mol. The number of hydrogen-bond donors (Lipinski definition) is 1. The third-order valence-electron chi connectivity index (χ3n) is 3.47. The van der Waals surface area contributed by atoms with Crippen LogP contribution in [0, 0.1) is 5.92 Å². The Kier molecular flexibility index (Phi) is 6.18. The lowest BCUT2D eigenvalue weighted by Crippen LogP contribution is -2.40. The highest BCUT2D eigenvalue weighted by Crippen LogP contribution is 2.32. The summed E-state index contributed by atoms with van der Waals surface area (Å²) in [5.41, 5.74) is -0.371. The predicted octanol–water partition coefficient (Wildman–Crippen LogP) is 3.00. The fraction of sp³-hybridized carbons (Fsp3) is 0.500. The third kappa shape index (κ3) is 5.58. The van der Waals surface area contributed by atoms with Crippen molar-refractivity contribution in [3.05, 3.63) is 35.4 Å². The van der Waals surface area contributed by atoms with E-state index in [-0.39, 0.29) is 18.4 Å². The van der Waals surface area contributed by atoms with Crippen LogP contribution in [0.4, 0.5) is 13.2 Å². The van der Waals surface area contributed by atoms with Crippen LogP contribution in [0.15, 0.2) is 24.3 Å². The number of carbonyl (C=O) groups excluding carboxylic acids is 2. The minimum absolute atomic E-state index is 0.106. The minimum atomic E-state index is -4.43. The van der Waals surface area contributed by atoms with E-state index in [4.69, 9.17) is 0 Å². The zero-order valence-corrected chi connectivity index (χ0v) is 13.6. The topological polar surface area (TPSA) is 49.4 Å². The second kappa shape index (κ2) is 7.48. The number of alkyl halides is 3. The maximum atomic E-state index is 12.8. The van der Waals surface area contributed by atoms with Crippen molar-refractivity contribution in [2.24, 2.45) is 5.92 Å². The summed E-state index contributed by atoms with van der Waals surface area (Å²) in [7, 11) is 1.48. The van der Waals surface area contributed by atoms with Crippen LogP contribution in [-0.2, 0) is 15.8 Å². The molecular formula is C16H21F3N2O2. The fourth-order valence-electron chi connectivity index (χ4n) is 2.09. The molecule has 1 rings (SSSR count). The number of likely N-dealkylation sites (N-methyl/N-ethyl adjacent to an activating group) is 1. The van der Waals surface area contributed by atoms with Crippen LogP contribution < -0.4 is 5.32 Å². The molecule has 0 radical (unpaired) electrons. The summed E-state index contributed by atoms with van der Waals surface area (Å²) in [6.45, 7) is 4.80. The van der Waals surface area contributed by atoms with E-state index in [1.165, 1.54) is 24.9 Å². The van der Waals surface area contributed by atoms with E-state index in [1.54, 1.807) is 19.9 Å². The Bertz CT molecular complexity index is 571. The van der Waals surface area contributed by atoms with E-state index in [2.05, 4.69) is 5.32 Å². The lowest BCUT2D eigenvalue weighted by Gasteiger charge is -2.25. The highest BCUT2D eigenvalue weighted by molar-refractivity contribution is 5.83. The SMILES string of the molecule is CC(=O)N(C)CC(=O)NC(c1cccc(C(F)(F)F)c1)C(C)C. The van der Waals surface area contributed by atoms with Crippen LogP contribution in [0.5, 0.6) is 0 Å². The van der Waals surface area contributed by atoms with E-state index in [1.807, 2.05) is 0 Å². The normalized spacial score (nSPS) is 12.9. The molecule has 23 heavy (non-hydrogen) atoms. The Morgan fingerprint density at radius 3 is 2.35 bits per heavy atom. The van der Waals surface area contributed by atoms with Crippen molar-refractivity contribution in [2.45, 2.75) is 33.0 Å². The van der Waals surface area contributed by atoms with Gasteiger partial charge in [-0.3, -0.25) is 9.59 Å². The molecule has 0 aromatic heterocycles. The van der Waals surface area contributed by atoms with E-state index >= 15 is 0 Å². The molecule has 0 heterocycles. The summed E-state index contributed by atoms with van der Waals surface area (Å²) in [6.07, 6.45) is -4.43. The zero-order chi connectivity index (χ0) is 17.8. The van der Waals surface area contributed by atoms with Crippen molar-refractivity contribution in [1.29, 1.82) is 0 Å². The molecule has 0 aliphatic carbocycles. The van der Waals surface area contributed by atoms with Crippen molar-refractivity contribution in [3.8, 4) is 0 Å². The second-order valence-corrected chi connectivity index (χ2v) is 5.79. The number of halogens is 3. The van der Waals surface area contributed by atoms with Crippen molar-refractivity contribution < 1.29 is 22.8 Å². The summed E-state index contributed by atoms with van der Waals surface area (Å²) in [5, 5.41) is 2.70. The molecule has 128 valence electrons. The van der Waals surface area contributed by atoms with E-state index in [9.17, 15) is 22.8 Å². The zero-order valence-electron chi connectivity index (χ0n) is 13.6. The quantitative estimate of drug-likeness (QED) is 0.902. The molecule has 4 nitrogen and oxygen atoms in total. The average molecular weight is 330 g/mol. The highest BCUT2D eigenvalue weighted by Gasteiger charge is 2.31. The van der Waals surface area contributed by atoms with Crippen LogP contribution in [0.3, 0.4) is 0 Å². The number of carbonyl (C=O) groups is 2. The minimum Gasteiger partial charge on any atom is -0.348 e. The van der Waals surface area contributed by atoms with Gasteiger partial charge in [0.2, 0.25) is 11.8 Å². The molecule has 1 unspecified atom stereocenters. The molecule has 0 saturated carbocycles. The molecule has 0 aliphatic rings. The molecule has 1 aromatic carbocycles. The van der Waals surface area contributed by atoms with Crippen molar-refractivity contribution >= 4 is 11.8 Å². The average Bonchev–Trinajstić information content (AvgIpc) is 2.43. The first-order valence-electron chi connectivity index (χ1n) is 7.20. The Morgan fingerprint density at radius 1 is 1.26 bits per heavy atom. The van der Waals surface area contributed by atoms with Crippen LogP contribution in [-0.4, -0.2) is 30.3 Å². The van der Waals surface area contributed by atoms with E-state index < -0.39 is 23.7 Å². The lowest BCUT2D eigenvalue weighted by molar-refractivity contribution is -0.137. The van der Waals surface area contributed by atoms with Gasteiger partial charge in [-0.25, -0.2) is 0 Å². The monoisotopic (exact) mass is 330 g/mol. The molecule has 0 fully saturated rings. The molecule has 0 aliphatic heterocycles. The summed E-state index contributed by atoms with van der Waals surface area (Å²) >= 11 is 0. The van der Waals surface area contributed by atoms with Crippen LogP contribution >= 0.6 is 0 Å². The highest BCUT2D eigenvalue weighted by atomic mass is 19.4. The fourth-order valence-corrected chi connectivity index (χ4v) is 2.09. The second-order valence-electron chi connectivity index (χ2n) is 5.79. The van der Waals surface area contributed by atoms with Crippen molar-refractivity contribution in [3.63, 3.8) is 0 Å². The largest absolute Gasteiger partial charge is 0.416 e. The number of rotatable bonds is 5. The number of nitrogens with one attached hydrogen (secondary N) is 1.